The number of amides is 1. The van der Waals surface area contributed by atoms with Gasteiger partial charge in [0, 0.05) is 13.0 Å². The number of hydrogen-bond acceptors (Lipinski definition) is 2. The Kier molecular flexibility index (Phi) is 5.53. The maximum Gasteiger partial charge on any atom is 0.219 e. The number of ether oxygens (including phenoxy) is 1. The number of hydrogen-bond donors (Lipinski definition) is 1. The van der Waals surface area contributed by atoms with E-state index in [1.54, 1.807) is 7.11 Å². The molecule has 1 N–H and O–H groups in total. The highest BCUT2D eigenvalue weighted by atomic mass is 16.5. The third kappa shape index (κ3) is 4.10. The summed E-state index contributed by atoms with van der Waals surface area (Å²) in [5.74, 6) is 0.989. The van der Waals surface area contributed by atoms with Crippen molar-refractivity contribution in [1.29, 1.82) is 0 Å². The Labute approximate surface area is 103 Å². The number of aryl methyl sites for hydroxylation is 1. The minimum Gasteiger partial charge on any atom is -0.496 e. The summed E-state index contributed by atoms with van der Waals surface area (Å²) in [4.78, 5) is 11.1. The van der Waals surface area contributed by atoms with Crippen molar-refractivity contribution in [2.24, 2.45) is 0 Å². The van der Waals surface area contributed by atoms with Crippen LogP contribution in [0.15, 0.2) is 18.2 Å². The van der Waals surface area contributed by atoms with E-state index < -0.39 is 0 Å². The number of nitrogens with one attached hydrogen (secondary N) is 1. The van der Waals surface area contributed by atoms with E-state index in [4.69, 9.17) is 4.74 Å². The molecule has 0 atom stereocenters. The lowest BCUT2D eigenvalue weighted by Crippen LogP contribution is -2.24. The van der Waals surface area contributed by atoms with E-state index in [1.807, 2.05) is 13.0 Å². The van der Waals surface area contributed by atoms with Crippen molar-refractivity contribution in [3.05, 3.63) is 29.3 Å². The first kappa shape index (κ1) is 13.6. The summed E-state index contributed by atoms with van der Waals surface area (Å²) in [7, 11) is 1.68. The van der Waals surface area contributed by atoms with Gasteiger partial charge in [0.1, 0.15) is 5.75 Å². The molecule has 3 heteroatoms. The number of methoxy groups -OCH3 is 1. The van der Waals surface area contributed by atoms with Gasteiger partial charge in [-0.3, -0.25) is 4.79 Å². The van der Waals surface area contributed by atoms with Gasteiger partial charge in [-0.1, -0.05) is 26.0 Å². The lowest BCUT2D eigenvalue weighted by molar-refractivity contribution is -0.120. The number of carbonyl (C=O) groups excluding carboxylic acids is 1. The zero-order valence-electron chi connectivity index (χ0n) is 10.9. The minimum atomic E-state index is 0.0932. The van der Waals surface area contributed by atoms with Gasteiger partial charge in [0.2, 0.25) is 5.91 Å². The molecule has 0 aromatic heterocycles. The smallest absolute Gasteiger partial charge is 0.219 e. The molecule has 1 rings (SSSR count). The molecule has 0 saturated heterocycles. The quantitative estimate of drug-likeness (QED) is 0.821. The van der Waals surface area contributed by atoms with Gasteiger partial charge in [0.15, 0.2) is 0 Å². The molecular formula is C14H21NO2. The van der Waals surface area contributed by atoms with Crippen LogP contribution in [-0.4, -0.2) is 19.6 Å². The second kappa shape index (κ2) is 6.94. The predicted octanol–water partition coefficient (Wildman–Crippen LogP) is 2.33. The van der Waals surface area contributed by atoms with Crippen LogP contribution in [0.3, 0.4) is 0 Å². The summed E-state index contributed by atoms with van der Waals surface area (Å²) in [6.45, 7) is 4.65. The lowest BCUT2D eigenvalue weighted by atomic mass is 10.1. The molecule has 3 nitrogen and oxygen atoms in total. The van der Waals surface area contributed by atoms with Gasteiger partial charge < -0.3 is 10.1 Å². The third-order valence-corrected chi connectivity index (χ3v) is 2.79. The SMILES string of the molecule is CCC(=O)NCCc1cc(CC)ccc1OC. The Morgan fingerprint density at radius 2 is 2.12 bits per heavy atom. The van der Waals surface area contributed by atoms with E-state index in [0.717, 1.165) is 24.2 Å². The maximum atomic E-state index is 11.1. The van der Waals surface area contributed by atoms with E-state index in [2.05, 4.69) is 24.4 Å². The van der Waals surface area contributed by atoms with Crippen molar-refractivity contribution in [1.82, 2.24) is 5.32 Å². The van der Waals surface area contributed by atoms with Crippen molar-refractivity contribution in [3.63, 3.8) is 0 Å². The highest BCUT2D eigenvalue weighted by Gasteiger charge is 2.04. The second-order valence-electron chi connectivity index (χ2n) is 3.95. The molecule has 1 amide bonds. The van der Waals surface area contributed by atoms with Crippen molar-refractivity contribution < 1.29 is 9.53 Å². The standard InChI is InChI=1S/C14H21NO2/c1-4-11-6-7-13(17-3)12(10-11)8-9-15-14(16)5-2/h6-7,10H,4-5,8-9H2,1-3H3,(H,15,16). The van der Waals surface area contributed by atoms with E-state index in [9.17, 15) is 4.79 Å². The highest BCUT2D eigenvalue weighted by Crippen LogP contribution is 2.20. The molecule has 94 valence electrons. The number of benzene rings is 1. The molecule has 0 aliphatic rings. The number of carbonyl (C=O) groups is 1. The average molecular weight is 235 g/mol. The largest absolute Gasteiger partial charge is 0.496 e. The molecule has 1 aromatic carbocycles. The molecule has 0 aliphatic carbocycles. The molecule has 1 aromatic rings. The summed E-state index contributed by atoms with van der Waals surface area (Å²) in [6, 6.07) is 6.22. The van der Waals surface area contributed by atoms with Crippen molar-refractivity contribution >= 4 is 5.91 Å². The molecular weight excluding hydrogens is 214 g/mol. The third-order valence-electron chi connectivity index (χ3n) is 2.79. The Hall–Kier alpha value is -1.51. The van der Waals surface area contributed by atoms with Gasteiger partial charge in [0.25, 0.3) is 0 Å². The summed E-state index contributed by atoms with van der Waals surface area (Å²) < 4.78 is 5.32. The van der Waals surface area contributed by atoms with Gasteiger partial charge in [-0.15, -0.1) is 0 Å². The monoisotopic (exact) mass is 235 g/mol. The van der Waals surface area contributed by atoms with E-state index in [1.165, 1.54) is 5.56 Å². The van der Waals surface area contributed by atoms with Crippen molar-refractivity contribution in [2.75, 3.05) is 13.7 Å². The Morgan fingerprint density at radius 1 is 1.35 bits per heavy atom. The maximum absolute atomic E-state index is 11.1. The first-order chi connectivity index (χ1) is 8.21. The van der Waals surface area contributed by atoms with Gasteiger partial charge in [-0.05, 0) is 30.0 Å². The van der Waals surface area contributed by atoms with Crippen LogP contribution in [0.5, 0.6) is 5.75 Å². The normalized spacial score (nSPS) is 10.1. The van der Waals surface area contributed by atoms with Crippen LogP contribution in [0, 0.1) is 0 Å². The molecule has 0 radical (unpaired) electrons. The van der Waals surface area contributed by atoms with Gasteiger partial charge >= 0.3 is 0 Å². The average Bonchev–Trinajstić information content (AvgIpc) is 2.38. The van der Waals surface area contributed by atoms with E-state index >= 15 is 0 Å². The molecule has 0 spiro atoms. The van der Waals surface area contributed by atoms with Crippen molar-refractivity contribution in [2.45, 2.75) is 33.1 Å². The zero-order chi connectivity index (χ0) is 12.7. The van der Waals surface area contributed by atoms with Crippen LogP contribution in [-0.2, 0) is 17.6 Å². The molecule has 0 aliphatic heterocycles. The van der Waals surface area contributed by atoms with Crippen LogP contribution in [0.2, 0.25) is 0 Å². The highest BCUT2D eigenvalue weighted by molar-refractivity contribution is 5.75. The number of rotatable bonds is 6. The first-order valence-electron chi connectivity index (χ1n) is 6.13. The van der Waals surface area contributed by atoms with Crippen LogP contribution >= 0.6 is 0 Å². The summed E-state index contributed by atoms with van der Waals surface area (Å²) in [5.41, 5.74) is 2.45. The van der Waals surface area contributed by atoms with Crippen molar-refractivity contribution in [3.8, 4) is 5.75 Å². The summed E-state index contributed by atoms with van der Waals surface area (Å²) >= 11 is 0. The fourth-order valence-electron chi connectivity index (χ4n) is 1.71. The molecule has 0 heterocycles. The van der Waals surface area contributed by atoms with E-state index in [0.29, 0.717) is 13.0 Å². The van der Waals surface area contributed by atoms with E-state index in [-0.39, 0.29) is 5.91 Å². The zero-order valence-corrected chi connectivity index (χ0v) is 10.9. The Morgan fingerprint density at radius 3 is 2.71 bits per heavy atom. The van der Waals surface area contributed by atoms with Crippen LogP contribution < -0.4 is 10.1 Å². The minimum absolute atomic E-state index is 0.0932. The fraction of sp³-hybridized carbons (Fsp3) is 0.500. The first-order valence-corrected chi connectivity index (χ1v) is 6.13. The van der Waals surface area contributed by atoms with Gasteiger partial charge in [0.05, 0.1) is 7.11 Å². The van der Waals surface area contributed by atoms with Gasteiger partial charge in [-0.2, -0.15) is 0 Å². The Bertz CT molecular complexity index is 374. The molecule has 17 heavy (non-hydrogen) atoms. The molecule has 0 fully saturated rings. The molecule has 0 bridgehead atoms. The second-order valence-corrected chi connectivity index (χ2v) is 3.95. The molecule has 0 unspecified atom stereocenters. The molecule has 0 saturated carbocycles. The predicted molar refractivity (Wildman–Crippen MR) is 69.4 cm³/mol. The van der Waals surface area contributed by atoms with Crippen LogP contribution in [0.4, 0.5) is 0 Å². The summed E-state index contributed by atoms with van der Waals surface area (Å²) in [5, 5.41) is 2.88. The Balaban J connectivity index is 2.64. The topological polar surface area (TPSA) is 38.3 Å². The lowest BCUT2D eigenvalue weighted by Gasteiger charge is -2.10. The van der Waals surface area contributed by atoms with Crippen LogP contribution in [0.1, 0.15) is 31.4 Å². The van der Waals surface area contributed by atoms with Gasteiger partial charge in [-0.25, -0.2) is 0 Å². The van der Waals surface area contributed by atoms with Crippen LogP contribution in [0.25, 0.3) is 0 Å². The fourth-order valence-corrected chi connectivity index (χ4v) is 1.71. The summed E-state index contributed by atoms with van der Waals surface area (Å²) in [6.07, 6.45) is 2.35.